The maximum absolute atomic E-state index is 13.0. The van der Waals surface area contributed by atoms with E-state index in [1.807, 2.05) is 24.3 Å². The minimum Gasteiger partial charge on any atom is -0.467 e. The molecule has 132 valence electrons. The van der Waals surface area contributed by atoms with Crippen LogP contribution in [-0.2, 0) is 6.42 Å². The van der Waals surface area contributed by atoms with Crippen molar-refractivity contribution in [1.82, 2.24) is 5.32 Å². The SMILES string of the molecule is O=C(NCC(c1ccco1)N1CCc2ccccc21)c1ccc(F)cc1. The third-order valence-corrected chi connectivity index (χ3v) is 4.73. The first-order chi connectivity index (χ1) is 12.7. The molecule has 2 heterocycles. The van der Waals surface area contributed by atoms with Crippen LogP contribution in [0, 0.1) is 5.82 Å². The second kappa shape index (κ2) is 7.04. The minimum atomic E-state index is -0.358. The lowest BCUT2D eigenvalue weighted by atomic mass is 10.1. The minimum absolute atomic E-state index is 0.0990. The number of nitrogens with zero attached hydrogens (tertiary/aromatic N) is 1. The summed E-state index contributed by atoms with van der Waals surface area (Å²) in [7, 11) is 0. The summed E-state index contributed by atoms with van der Waals surface area (Å²) in [6.45, 7) is 1.27. The Morgan fingerprint density at radius 2 is 1.92 bits per heavy atom. The molecular weight excluding hydrogens is 331 g/mol. The second-order valence-corrected chi connectivity index (χ2v) is 6.32. The predicted octanol–water partition coefficient (Wildman–Crippen LogP) is 3.95. The number of benzene rings is 2. The van der Waals surface area contributed by atoms with Gasteiger partial charge in [-0.15, -0.1) is 0 Å². The fourth-order valence-electron chi connectivity index (χ4n) is 3.43. The van der Waals surface area contributed by atoms with Crippen molar-refractivity contribution in [3.8, 4) is 0 Å². The highest BCUT2D eigenvalue weighted by molar-refractivity contribution is 5.94. The van der Waals surface area contributed by atoms with Gasteiger partial charge in [0.15, 0.2) is 0 Å². The third-order valence-electron chi connectivity index (χ3n) is 4.73. The average molecular weight is 350 g/mol. The van der Waals surface area contributed by atoms with Gasteiger partial charge in [0.1, 0.15) is 17.6 Å². The van der Waals surface area contributed by atoms with Crippen LogP contribution >= 0.6 is 0 Å². The van der Waals surface area contributed by atoms with Crippen LogP contribution in [0.4, 0.5) is 10.1 Å². The zero-order valence-corrected chi connectivity index (χ0v) is 14.2. The Bertz CT molecular complexity index is 891. The number of rotatable bonds is 5. The summed E-state index contributed by atoms with van der Waals surface area (Å²) < 4.78 is 18.7. The second-order valence-electron chi connectivity index (χ2n) is 6.32. The Labute approximate surface area is 151 Å². The molecule has 5 heteroatoms. The molecule has 1 aliphatic rings. The van der Waals surface area contributed by atoms with Crippen LogP contribution < -0.4 is 10.2 Å². The van der Waals surface area contributed by atoms with Gasteiger partial charge in [0.05, 0.1) is 6.26 Å². The molecule has 1 aromatic heterocycles. The van der Waals surface area contributed by atoms with E-state index in [2.05, 4.69) is 22.3 Å². The number of halogens is 1. The first-order valence-corrected chi connectivity index (χ1v) is 8.64. The number of furan rings is 1. The lowest BCUT2D eigenvalue weighted by Gasteiger charge is -2.29. The molecule has 1 unspecified atom stereocenters. The Morgan fingerprint density at radius 1 is 1.12 bits per heavy atom. The van der Waals surface area contributed by atoms with Crippen LogP contribution in [0.25, 0.3) is 0 Å². The monoisotopic (exact) mass is 350 g/mol. The molecule has 0 saturated heterocycles. The summed E-state index contributed by atoms with van der Waals surface area (Å²) in [5, 5.41) is 2.95. The van der Waals surface area contributed by atoms with Crippen molar-refractivity contribution in [2.75, 3.05) is 18.0 Å². The lowest BCUT2D eigenvalue weighted by molar-refractivity contribution is 0.0950. The van der Waals surface area contributed by atoms with Gasteiger partial charge in [-0.05, 0) is 54.4 Å². The summed E-state index contributed by atoms with van der Waals surface area (Å²) in [4.78, 5) is 14.7. The fraction of sp³-hybridized carbons (Fsp3) is 0.190. The van der Waals surface area contributed by atoms with Crippen molar-refractivity contribution < 1.29 is 13.6 Å². The molecular formula is C21H19FN2O2. The Morgan fingerprint density at radius 3 is 2.69 bits per heavy atom. The van der Waals surface area contributed by atoms with Crippen LogP contribution in [0.15, 0.2) is 71.3 Å². The van der Waals surface area contributed by atoms with Gasteiger partial charge in [-0.25, -0.2) is 4.39 Å². The molecule has 3 aromatic rings. The molecule has 1 N–H and O–H groups in total. The summed E-state index contributed by atoms with van der Waals surface area (Å²) >= 11 is 0. The molecule has 0 saturated carbocycles. The van der Waals surface area contributed by atoms with Crippen LogP contribution in [0.3, 0.4) is 0 Å². The number of para-hydroxylation sites is 1. The van der Waals surface area contributed by atoms with E-state index in [4.69, 9.17) is 4.42 Å². The molecule has 26 heavy (non-hydrogen) atoms. The van der Waals surface area contributed by atoms with E-state index >= 15 is 0 Å². The highest BCUT2D eigenvalue weighted by Crippen LogP contribution is 2.34. The molecule has 4 rings (SSSR count). The fourth-order valence-corrected chi connectivity index (χ4v) is 3.43. The van der Waals surface area contributed by atoms with Gasteiger partial charge in [0.2, 0.25) is 0 Å². The summed E-state index contributed by atoms with van der Waals surface area (Å²) in [5.41, 5.74) is 2.91. The summed E-state index contributed by atoms with van der Waals surface area (Å²) in [5.74, 6) is 0.221. The molecule has 4 nitrogen and oxygen atoms in total. The standard InChI is InChI=1S/C21H19FN2O2/c22-17-9-7-16(8-10-17)21(25)23-14-19(20-6-3-13-26-20)24-12-11-15-4-1-2-5-18(15)24/h1-10,13,19H,11-12,14H2,(H,23,25). The Hall–Kier alpha value is -3.08. The number of anilines is 1. The Kier molecular flexibility index (Phi) is 4.44. The van der Waals surface area contributed by atoms with E-state index < -0.39 is 0 Å². The van der Waals surface area contributed by atoms with Crippen molar-refractivity contribution in [3.63, 3.8) is 0 Å². The van der Waals surface area contributed by atoms with Crippen LogP contribution in [0.2, 0.25) is 0 Å². The van der Waals surface area contributed by atoms with E-state index in [-0.39, 0.29) is 17.8 Å². The first-order valence-electron chi connectivity index (χ1n) is 8.64. The van der Waals surface area contributed by atoms with Gasteiger partial charge in [0, 0.05) is 24.3 Å². The first kappa shape index (κ1) is 16.4. The Balaban J connectivity index is 1.54. The smallest absolute Gasteiger partial charge is 0.251 e. The third kappa shape index (κ3) is 3.20. The van der Waals surface area contributed by atoms with Gasteiger partial charge in [-0.3, -0.25) is 4.79 Å². The van der Waals surface area contributed by atoms with Crippen LogP contribution in [-0.4, -0.2) is 19.0 Å². The van der Waals surface area contributed by atoms with E-state index in [0.29, 0.717) is 12.1 Å². The summed E-state index contributed by atoms with van der Waals surface area (Å²) in [6, 6.07) is 17.5. The zero-order valence-electron chi connectivity index (χ0n) is 14.2. The topological polar surface area (TPSA) is 45.5 Å². The quantitative estimate of drug-likeness (QED) is 0.758. The molecule has 2 aromatic carbocycles. The maximum atomic E-state index is 13.0. The largest absolute Gasteiger partial charge is 0.467 e. The number of carbonyl (C=O) groups is 1. The average Bonchev–Trinajstić information content (AvgIpc) is 3.33. The van der Waals surface area contributed by atoms with Gasteiger partial charge in [-0.1, -0.05) is 18.2 Å². The molecule has 0 fully saturated rings. The number of carbonyl (C=O) groups excluding carboxylic acids is 1. The molecule has 0 aliphatic carbocycles. The van der Waals surface area contributed by atoms with E-state index in [1.165, 1.54) is 35.5 Å². The van der Waals surface area contributed by atoms with E-state index in [9.17, 15) is 9.18 Å². The number of hydrogen-bond donors (Lipinski definition) is 1. The summed E-state index contributed by atoms with van der Waals surface area (Å²) in [6.07, 6.45) is 2.62. The zero-order chi connectivity index (χ0) is 17.9. The molecule has 1 aliphatic heterocycles. The number of amides is 1. The van der Waals surface area contributed by atoms with Crippen LogP contribution in [0.5, 0.6) is 0 Å². The highest BCUT2D eigenvalue weighted by atomic mass is 19.1. The van der Waals surface area contributed by atoms with Gasteiger partial charge < -0.3 is 14.6 Å². The number of fused-ring (bicyclic) bond motifs is 1. The maximum Gasteiger partial charge on any atom is 0.251 e. The van der Waals surface area contributed by atoms with Gasteiger partial charge in [0.25, 0.3) is 5.91 Å². The molecule has 0 bridgehead atoms. The number of nitrogens with one attached hydrogen (secondary N) is 1. The van der Waals surface area contributed by atoms with Gasteiger partial charge in [-0.2, -0.15) is 0 Å². The molecule has 0 radical (unpaired) electrons. The predicted molar refractivity (Wildman–Crippen MR) is 97.7 cm³/mol. The van der Waals surface area contributed by atoms with Crippen molar-refractivity contribution in [2.45, 2.75) is 12.5 Å². The van der Waals surface area contributed by atoms with E-state index in [1.54, 1.807) is 6.26 Å². The highest BCUT2D eigenvalue weighted by Gasteiger charge is 2.29. The lowest BCUT2D eigenvalue weighted by Crippen LogP contribution is -2.37. The van der Waals surface area contributed by atoms with Crippen LogP contribution in [0.1, 0.15) is 27.7 Å². The molecule has 0 spiro atoms. The normalized spacial score (nSPS) is 14.1. The molecule has 1 amide bonds. The van der Waals surface area contributed by atoms with Crippen molar-refractivity contribution in [2.24, 2.45) is 0 Å². The van der Waals surface area contributed by atoms with Crippen molar-refractivity contribution >= 4 is 11.6 Å². The van der Waals surface area contributed by atoms with Gasteiger partial charge >= 0.3 is 0 Å². The van der Waals surface area contributed by atoms with E-state index in [0.717, 1.165) is 18.7 Å². The van der Waals surface area contributed by atoms with Crippen molar-refractivity contribution in [1.29, 1.82) is 0 Å². The number of hydrogen-bond acceptors (Lipinski definition) is 3. The van der Waals surface area contributed by atoms with Crippen molar-refractivity contribution in [3.05, 3.63) is 89.6 Å². The molecule has 1 atom stereocenters.